The van der Waals surface area contributed by atoms with E-state index in [9.17, 15) is 10.1 Å². The molecular weight excluding hydrogens is 248 g/mol. The highest BCUT2D eigenvalue weighted by atomic mass is 16.6. The van der Waals surface area contributed by atoms with E-state index in [0.29, 0.717) is 17.2 Å². The van der Waals surface area contributed by atoms with Gasteiger partial charge in [0.15, 0.2) is 17.2 Å². The van der Waals surface area contributed by atoms with Crippen molar-refractivity contribution in [3.63, 3.8) is 0 Å². The third-order valence-electron chi connectivity index (χ3n) is 2.49. The van der Waals surface area contributed by atoms with Crippen molar-refractivity contribution < 1.29 is 14.4 Å². The highest BCUT2D eigenvalue weighted by Crippen LogP contribution is 2.35. The number of para-hydroxylation sites is 2. The molecule has 0 amide bonds. The molecule has 0 heterocycles. The van der Waals surface area contributed by atoms with E-state index in [-0.39, 0.29) is 11.4 Å². The number of nitrogen functional groups attached to an aromatic ring is 1. The molecule has 0 unspecified atom stereocenters. The van der Waals surface area contributed by atoms with Gasteiger partial charge in [-0.3, -0.25) is 10.1 Å². The number of rotatable bonds is 4. The number of anilines is 1. The summed E-state index contributed by atoms with van der Waals surface area (Å²) >= 11 is 0. The molecule has 0 atom stereocenters. The molecule has 0 fully saturated rings. The van der Waals surface area contributed by atoms with Gasteiger partial charge in [-0.1, -0.05) is 12.1 Å². The fraction of sp³-hybridized carbons (Fsp3) is 0.0769. The Balaban J connectivity index is 2.31. The third-order valence-corrected chi connectivity index (χ3v) is 2.49. The van der Waals surface area contributed by atoms with Gasteiger partial charge < -0.3 is 15.2 Å². The van der Waals surface area contributed by atoms with Crippen molar-refractivity contribution in [3.8, 4) is 17.2 Å². The minimum absolute atomic E-state index is 0.0788. The maximum atomic E-state index is 10.6. The van der Waals surface area contributed by atoms with Crippen LogP contribution in [0.2, 0.25) is 0 Å². The minimum Gasteiger partial charge on any atom is -0.493 e. The molecule has 0 aliphatic rings. The minimum atomic E-state index is -0.511. The molecule has 2 aromatic rings. The van der Waals surface area contributed by atoms with Gasteiger partial charge >= 0.3 is 0 Å². The zero-order chi connectivity index (χ0) is 13.8. The summed E-state index contributed by atoms with van der Waals surface area (Å²) in [6.07, 6.45) is 0. The van der Waals surface area contributed by atoms with Crippen LogP contribution < -0.4 is 15.2 Å². The number of nitro groups is 1. The first kappa shape index (κ1) is 12.7. The summed E-state index contributed by atoms with van der Waals surface area (Å²) < 4.78 is 10.7. The van der Waals surface area contributed by atoms with Gasteiger partial charge in [-0.25, -0.2) is 0 Å². The van der Waals surface area contributed by atoms with Crippen LogP contribution in [0.15, 0.2) is 42.5 Å². The maximum Gasteiger partial charge on any atom is 0.271 e. The molecule has 2 rings (SSSR count). The zero-order valence-electron chi connectivity index (χ0n) is 10.2. The van der Waals surface area contributed by atoms with E-state index in [1.807, 2.05) is 6.07 Å². The first-order chi connectivity index (χ1) is 9.11. The molecule has 2 N–H and O–H groups in total. The SMILES string of the molecule is COc1ccccc1Oc1ccc([N+](=O)[O-])cc1N. The molecule has 6 heteroatoms. The van der Waals surface area contributed by atoms with E-state index >= 15 is 0 Å². The highest BCUT2D eigenvalue weighted by Gasteiger charge is 2.11. The Morgan fingerprint density at radius 2 is 1.79 bits per heavy atom. The predicted molar refractivity (Wildman–Crippen MR) is 70.6 cm³/mol. The van der Waals surface area contributed by atoms with E-state index < -0.39 is 4.92 Å². The van der Waals surface area contributed by atoms with E-state index in [1.165, 1.54) is 25.3 Å². The molecule has 19 heavy (non-hydrogen) atoms. The number of non-ortho nitro benzene ring substituents is 1. The lowest BCUT2D eigenvalue weighted by atomic mass is 10.2. The van der Waals surface area contributed by atoms with Crippen LogP contribution >= 0.6 is 0 Å². The Hall–Kier alpha value is -2.76. The Bertz CT molecular complexity index is 613. The lowest BCUT2D eigenvalue weighted by Gasteiger charge is -2.11. The van der Waals surface area contributed by atoms with Gasteiger partial charge in [0.1, 0.15) is 0 Å². The molecule has 0 aliphatic carbocycles. The van der Waals surface area contributed by atoms with Gasteiger partial charge in [-0.15, -0.1) is 0 Å². The molecule has 6 nitrogen and oxygen atoms in total. The summed E-state index contributed by atoms with van der Waals surface area (Å²) in [5.41, 5.74) is 5.84. The Morgan fingerprint density at radius 3 is 2.37 bits per heavy atom. The molecule has 0 saturated carbocycles. The van der Waals surface area contributed by atoms with Crippen LogP contribution in [-0.4, -0.2) is 12.0 Å². The fourth-order valence-electron chi connectivity index (χ4n) is 1.56. The summed E-state index contributed by atoms with van der Waals surface area (Å²) in [5, 5.41) is 10.6. The lowest BCUT2D eigenvalue weighted by molar-refractivity contribution is -0.384. The van der Waals surface area contributed by atoms with E-state index in [0.717, 1.165) is 0 Å². The summed E-state index contributed by atoms with van der Waals surface area (Å²) in [4.78, 5) is 10.1. The van der Waals surface area contributed by atoms with Gasteiger partial charge in [-0.05, 0) is 18.2 Å². The number of nitrogens with two attached hydrogens (primary N) is 1. The van der Waals surface area contributed by atoms with E-state index in [4.69, 9.17) is 15.2 Å². The van der Waals surface area contributed by atoms with Gasteiger partial charge in [0.25, 0.3) is 5.69 Å². The molecule has 0 spiro atoms. The topological polar surface area (TPSA) is 87.6 Å². The summed E-state index contributed by atoms with van der Waals surface area (Å²) in [6.45, 7) is 0. The molecule has 0 aliphatic heterocycles. The monoisotopic (exact) mass is 260 g/mol. The number of nitrogens with zero attached hydrogens (tertiary/aromatic N) is 1. The van der Waals surface area contributed by atoms with Crippen molar-refractivity contribution >= 4 is 11.4 Å². The molecular formula is C13H12N2O4. The maximum absolute atomic E-state index is 10.6. The second kappa shape index (κ2) is 5.26. The number of hydrogen-bond acceptors (Lipinski definition) is 5. The largest absolute Gasteiger partial charge is 0.493 e. The van der Waals surface area contributed by atoms with Crippen molar-refractivity contribution in [2.45, 2.75) is 0 Å². The quantitative estimate of drug-likeness (QED) is 0.518. The smallest absolute Gasteiger partial charge is 0.271 e. The molecule has 2 aromatic carbocycles. The van der Waals surface area contributed by atoms with Crippen LogP contribution in [0.25, 0.3) is 0 Å². The fourth-order valence-corrected chi connectivity index (χ4v) is 1.56. The first-order valence-electron chi connectivity index (χ1n) is 5.46. The lowest BCUT2D eigenvalue weighted by Crippen LogP contribution is -1.96. The van der Waals surface area contributed by atoms with Crippen LogP contribution in [0.3, 0.4) is 0 Å². The van der Waals surface area contributed by atoms with Crippen LogP contribution in [0, 0.1) is 10.1 Å². The van der Waals surface area contributed by atoms with Crippen molar-refractivity contribution in [2.24, 2.45) is 0 Å². The third kappa shape index (κ3) is 2.74. The Kier molecular flexibility index (Phi) is 3.51. The Morgan fingerprint density at radius 1 is 1.11 bits per heavy atom. The van der Waals surface area contributed by atoms with Crippen molar-refractivity contribution in [1.82, 2.24) is 0 Å². The van der Waals surface area contributed by atoms with Crippen LogP contribution in [0.5, 0.6) is 17.2 Å². The number of methoxy groups -OCH3 is 1. The van der Waals surface area contributed by atoms with Gasteiger partial charge in [0, 0.05) is 12.1 Å². The van der Waals surface area contributed by atoms with Crippen molar-refractivity contribution in [1.29, 1.82) is 0 Å². The molecule has 98 valence electrons. The van der Waals surface area contributed by atoms with Crippen molar-refractivity contribution in [3.05, 3.63) is 52.6 Å². The van der Waals surface area contributed by atoms with Crippen LogP contribution in [-0.2, 0) is 0 Å². The van der Waals surface area contributed by atoms with E-state index in [1.54, 1.807) is 18.2 Å². The number of hydrogen-bond donors (Lipinski definition) is 1. The van der Waals surface area contributed by atoms with Crippen LogP contribution in [0.1, 0.15) is 0 Å². The summed E-state index contributed by atoms with van der Waals surface area (Å²) in [7, 11) is 1.53. The van der Waals surface area contributed by atoms with Crippen LogP contribution in [0.4, 0.5) is 11.4 Å². The second-order valence-corrected chi connectivity index (χ2v) is 3.73. The average molecular weight is 260 g/mol. The molecule has 0 saturated heterocycles. The summed E-state index contributed by atoms with van der Waals surface area (Å²) in [5.74, 6) is 1.39. The molecule has 0 bridgehead atoms. The number of ether oxygens (including phenoxy) is 2. The summed E-state index contributed by atoms with van der Waals surface area (Å²) in [6, 6.07) is 11.1. The zero-order valence-corrected chi connectivity index (χ0v) is 10.2. The average Bonchev–Trinajstić information content (AvgIpc) is 2.41. The number of benzene rings is 2. The number of nitro benzene ring substituents is 1. The highest BCUT2D eigenvalue weighted by molar-refractivity contribution is 5.60. The standard InChI is InChI=1S/C13H12N2O4/c1-18-12-4-2-3-5-13(12)19-11-7-6-9(15(16)17)8-10(11)14/h2-8H,14H2,1H3. The Labute approximate surface area is 109 Å². The second-order valence-electron chi connectivity index (χ2n) is 3.73. The van der Waals surface area contributed by atoms with Gasteiger partial charge in [-0.2, -0.15) is 0 Å². The van der Waals surface area contributed by atoms with Crippen molar-refractivity contribution in [2.75, 3.05) is 12.8 Å². The van der Waals surface area contributed by atoms with Gasteiger partial charge in [0.05, 0.1) is 17.7 Å². The molecule has 0 aromatic heterocycles. The van der Waals surface area contributed by atoms with Gasteiger partial charge in [0.2, 0.25) is 0 Å². The predicted octanol–water partition coefficient (Wildman–Crippen LogP) is 2.98. The van der Waals surface area contributed by atoms with E-state index in [2.05, 4.69) is 0 Å². The first-order valence-corrected chi connectivity index (χ1v) is 5.46. The normalized spacial score (nSPS) is 9.95. The molecule has 0 radical (unpaired) electrons.